The third-order valence-corrected chi connectivity index (χ3v) is 5.59. The molecule has 6 rings (SSSR count). The van der Waals surface area contributed by atoms with Crippen molar-refractivity contribution < 1.29 is 22.8 Å². The first-order chi connectivity index (χ1) is 16.6. The maximum absolute atomic E-state index is 13.7. The molecule has 170 valence electrons. The summed E-state index contributed by atoms with van der Waals surface area (Å²) in [6.45, 7) is 0.324. The number of pyridine rings is 1. The average Bonchev–Trinajstić information content (AvgIpc) is 3.62. The van der Waals surface area contributed by atoms with Gasteiger partial charge in [-0.25, -0.2) is 19.3 Å². The first kappa shape index (κ1) is 20.0. The van der Waals surface area contributed by atoms with Crippen molar-refractivity contribution in [3.63, 3.8) is 0 Å². The molecular weight excluding hydrogens is 445 g/mol. The molecule has 0 aliphatic carbocycles. The number of aromatic amines is 1. The number of nitrogens with one attached hydrogen (secondary N) is 1. The second kappa shape index (κ2) is 7.76. The molecule has 0 saturated heterocycles. The van der Waals surface area contributed by atoms with Gasteiger partial charge in [-0.3, -0.25) is 4.79 Å². The lowest BCUT2D eigenvalue weighted by Gasteiger charge is -2.31. The van der Waals surface area contributed by atoms with Crippen LogP contribution >= 0.6 is 0 Å². The van der Waals surface area contributed by atoms with Crippen molar-refractivity contribution in [2.75, 3.05) is 13.7 Å². The number of amides is 1. The lowest BCUT2D eigenvalue weighted by Crippen LogP contribution is -2.41. The highest BCUT2D eigenvalue weighted by atomic mass is 19.1. The minimum Gasteiger partial charge on any atom is -0.495 e. The van der Waals surface area contributed by atoms with Crippen LogP contribution in [0.2, 0.25) is 0 Å². The predicted octanol–water partition coefficient (Wildman–Crippen LogP) is 2.93. The monoisotopic (exact) mass is 461 g/mol. The highest BCUT2D eigenvalue weighted by Crippen LogP contribution is 2.35. The topological polar surface area (TPSA) is 136 Å². The van der Waals surface area contributed by atoms with Gasteiger partial charge in [-0.05, 0) is 24.3 Å². The van der Waals surface area contributed by atoms with Crippen LogP contribution in [0, 0.1) is 5.82 Å². The summed E-state index contributed by atoms with van der Waals surface area (Å²) in [5.74, 6) is -0.285. The number of carbonyl (C=O) groups excluding carboxylic acids is 1. The van der Waals surface area contributed by atoms with Gasteiger partial charge in [0, 0.05) is 24.7 Å². The molecular formula is C22H16FN7O4. The molecule has 1 amide bonds. The Morgan fingerprint density at radius 2 is 2.12 bits per heavy atom. The van der Waals surface area contributed by atoms with Gasteiger partial charge in [0.05, 0.1) is 25.3 Å². The Kier molecular flexibility index (Phi) is 4.57. The highest BCUT2D eigenvalue weighted by molar-refractivity contribution is 5.90. The van der Waals surface area contributed by atoms with E-state index in [0.717, 1.165) is 5.69 Å². The standard InChI is InChI=1S/C22H16FN7O4/c1-32-12-3-4-14(24-9-12)19-28-29-21(34-19)22(31)30-7-6-13-17(26-10-25-13)18(30)20-27-15-8-11(23)2-5-16(15)33-20/h2-5,8-10,18H,6-7H2,1H3,(H,25,26)/t18-/m0/s1. The zero-order chi connectivity index (χ0) is 23.2. The number of imidazole rings is 1. The van der Waals surface area contributed by atoms with E-state index >= 15 is 0 Å². The van der Waals surface area contributed by atoms with Gasteiger partial charge in [0.1, 0.15) is 22.8 Å². The summed E-state index contributed by atoms with van der Waals surface area (Å²) in [7, 11) is 1.54. The minimum atomic E-state index is -0.757. The van der Waals surface area contributed by atoms with E-state index in [0.29, 0.717) is 41.2 Å². The largest absolute Gasteiger partial charge is 0.495 e. The Labute approximate surface area is 190 Å². The fourth-order valence-corrected chi connectivity index (χ4v) is 3.94. The maximum atomic E-state index is 13.7. The van der Waals surface area contributed by atoms with Crippen LogP contribution in [0.25, 0.3) is 22.7 Å². The number of hydrogen-bond acceptors (Lipinski definition) is 9. The van der Waals surface area contributed by atoms with Crippen molar-refractivity contribution in [1.29, 1.82) is 0 Å². The Morgan fingerprint density at radius 3 is 2.94 bits per heavy atom. The summed E-state index contributed by atoms with van der Waals surface area (Å²) in [5, 5.41) is 7.89. The second-order valence-corrected chi connectivity index (χ2v) is 7.58. The number of oxazole rings is 1. The molecule has 0 fully saturated rings. The van der Waals surface area contributed by atoms with Gasteiger partial charge in [0.15, 0.2) is 11.6 Å². The maximum Gasteiger partial charge on any atom is 0.312 e. The van der Waals surface area contributed by atoms with Gasteiger partial charge in [-0.15, -0.1) is 10.2 Å². The quantitative estimate of drug-likeness (QED) is 0.428. The fourth-order valence-electron chi connectivity index (χ4n) is 3.94. The molecule has 0 unspecified atom stereocenters. The molecule has 4 aromatic heterocycles. The Balaban J connectivity index is 1.37. The van der Waals surface area contributed by atoms with E-state index in [1.807, 2.05) is 0 Å². The Morgan fingerprint density at radius 1 is 1.21 bits per heavy atom. The number of rotatable bonds is 4. The number of carbonyl (C=O) groups is 1. The van der Waals surface area contributed by atoms with E-state index in [9.17, 15) is 9.18 Å². The molecule has 5 aromatic rings. The number of hydrogen-bond donors (Lipinski definition) is 1. The number of benzene rings is 1. The summed E-state index contributed by atoms with van der Waals surface area (Å²) in [4.78, 5) is 31.1. The number of fused-ring (bicyclic) bond motifs is 2. The van der Waals surface area contributed by atoms with Crippen LogP contribution in [0.5, 0.6) is 5.75 Å². The molecule has 1 aromatic carbocycles. The van der Waals surface area contributed by atoms with Crippen LogP contribution in [0.4, 0.5) is 4.39 Å². The first-order valence-electron chi connectivity index (χ1n) is 10.3. The van der Waals surface area contributed by atoms with E-state index < -0.39 is 17.8 Å². The molecule has 34 heavy (non-hydrogen) atoms. The molecule has 1 aliphatic rings. The van der Waals surface area contributed by atoms with Gasteiger partial charge >= 0.3 is 11.8 Å². The molecule has 0 radical (unpaired) electrons. The second-order valence-electron chi connectivity index (χ2n) is 7.58. The van der Waals surface area contributed by atoms with Crippen molar-refractivity contribution in [2.24, 2.45) is 0 Å². The molecule has 1 N–H and O–H groups in total. The minimum absolute atomic E-state index is 0.0948. The van der Waals surface area contributed by atoms with Gasteiger partial charge in [-0.1, -0.05) is 0 Å². The summed E-state index contributed by atoms with van der Waals surface area (Å²) in [6.07, 6.45) is 3.60. The van der Waals surface area contributed by atoms with Crippen LogP contribution in [0.3, 0.4) is 0 Å². The van der Waals surface area contributed by atoms with Crippen LogP contribution in [-0.4, -0.2) is 54.6 Å². The van der Waals surface area contributed by atoms with Crippen LogP contribution in [0.1, 0.15) is 34.0 Å². The number of nitrogens with zero attached hydrogens (tertiary/aromatic N) is 6. The van der Waals surface area contributed by atoms with Crippen molar-refractivity contribution in [3.8, 4) is 17.3 Å². The van der Waals surface area contributed by atoms with E-state index in [-0.39, 0.29) is 17.7 Å². The highest BCUT2D eigenvalue weighted by Gasteiger charge is 2.39. The van der Waals surface area contributed by atoms with Crippen molar-refractivity contribution in [3.05, 3.63) is 71.8 Å². The zero-order valence-corrected chi connectivity index (χ0v) is 17.7. The van der Waals surface area contributed by atoms with Gasteiger partial charge in [-0.2, -0.15) is 0 Å². The predicted molar refractivity (Wildman–Crippen MR) is 113 cm³/mol. The summed E-state index contributed by atoms with van der Waals surface area (Å²) >= 11 is 0. The normalized spacial score (nSPS) is 15.5. The number of H-pyrrole nitrogens is 1. The Hall–Kier alpha value is -4.61. The van der Waals surface area contributed by atoms with Crippen LogP contribution in [0.15, 0.2) is 51.7 Å². The van der Waals surface area contributed by atoms with Gasteiger partial charge in [0.25, 0.3) is 5.89 Å². The van der Waals surface area contributed by atoms with Gasteiger partial charge < -0.3 is 23.5 Å². The molecule has 12 heteroatoms. The van der Waals surface area contributed by atoms with Crippen molar-refractivity contribution in [2.45, 2.75) is 12.5 Å². The SMILES string of the molecule is COc1ccc(-c2nnc(C(=O)N3CCc4[nH]cnc4[C@H]3c3nc4cc(F)ccc4o3)o2)nc1. The fraction of sp³-hybridized carbons (Fsp3) is 0.182. The van der Waals surface area contributed by atoms with Crippen molar-refractivity contribution >= 4 is 17.0 Å². The lowest BCUT2D eigenvalue weighted by molar-refractivity contribution is 0.0627. The molecule has 0 saturated carbocycles. The molecule has 1 atom stereocenters. The van der Waals surface area contributed by atoms with E-state index in [1.54, 1.807) is 18.5 Å². The van der Waals surface area contributed by atoms with Crippen LogP contribution < -0.4 is 4.74 Å². The molecule has 5 heterocycles. The smallest absolute Gasteiger partial charge is 0.312 e. The van der Waals surface area contributed by atoms with E-state index in [1.165, 1.54) is 36.4 Å². The molecule has 0 spiro atoms. The molecule has 0 bridgehead atoms. The zero-order valence-electron chi connectivity index (χ0n) is 17.7. The Bertz CT molecular complexity index is 1510. The number of ether oxygens (including phenoxy) is 1. The summed E-state index contributed by atoms with van der Waals surface area (Å²) < 4.78 is 30.3. The first-order valence-corrected chi connectivity index (χ1v) is 10.3. The lowest BCUT2D eigenvalue weighted by atomic mass is 10.0. The van der Waals surface area contributed by atoms with Crippen molar-refractivity contribution in [1.82, 2.24) is 35.0 Å². The average molecular weight is 461 g/mol. The van der Waals surface area contributed by atoms with E-state index in [2.05, 4.69) is 30.1 Å². The summed E-state index contributed by atoms with van der Waals surface area (Å²) in [6, 6.07) is 6.64. The van der Waals surface area contributed by atoms with Crippen LogP contribution in [-0.2, 0) is 6.42 Å². The number of aromatic nitrogens is 6. The summed E-state index contributed by atoms with van der Waals surface area (Å²) in [5.41, 5.74) is 2.59. The molecule has 1 aliphatic heterocycles. The third-order valence-electron chi connectivity index (χ3n) is 5.59. The number of methoxy groups -OCH3 is 1. The number of halogens is 1. The van der Waals surface area contributed by atoms with E-state index in [4.69, 9.17) is 13.6 Å². The third kappa shape index (κ3) is 3.27. The van der Waals surface area contributed by atoms with Gasteiger partial charge in [0.2, 0.25) is 5.89 Å². The molecule has 11 nitrogen and oxygen atoms in total.